The van der Waals surface area contributed by atoms with Gasteiger partial charge >= 0.3 is 0 Å². The summed E-state index contributed by atoms with van der Waals surface area (Å²) in [4.78, 5) is 0. The van der Waals surface area contributed by atoms with E-state index in [0.29, 0.717) is 0 Å². The second-order valence-electron chi connectivity index (χ2n) is 11.9. The van der Waals surface area contributed by atoms with Gasteiger partial charge in [-0.2, -0.15) is 0 Å². The molecule has 2 N–H and O–H groups in total. The first kappa shape index (κ1) is 34.1. The van der Waals surface area contributed by atoms with Crippen LogP contribution in [0.5, 0.6) is 0 Å². The average molecular weight is 490 g/mol. The monoisotopic (exact) mass is 490 g/mol. The molecule has 0 spiro atoms. The lowest BCUT2D eigenvalue weighted by molar-refractivity contribution is -0.903. The van der Waals surface area contributed by atoms with Gasteiger partial charge in [-0.25, -0.2) is 0 Å². The van der Waals surface area contributed by atoms with E-state index in [2.05, 4.69) is 65.2 Å². The molecule has 0 heterocycles. The number of hydrogen-bond acceptors (Lipinski definition) is 1. The zero-order chi connectivity index (χ0) is 26.0. The number of nitrogens with zero attached hydrogens (tertiary/aromatic N) is 1. The molecule has 0 saturated heterocycles. The summed E-state index contributed by atoms with van der Waals surface area (Å²) in [6.07, 6.45) is 25.4. The molecule has 206 valence electrons. The van der Waals surface area contributed by atoms with E-state index in [1.165, 1.54) is 128 Å². The van der Waals surface area contributed by atoms with E-state index in [1.54, 1.807) is 0 Å². The predicted molar refractivity (Wildman–Crippen MR) is 160 cm³/mol. The van der Waals surface area contributed by atoms with Crippen LogP contribution in [0.25, 0.3) is 0 Å². The minimum atomic E-state index is 0.859. The normalized spacial score (nSPS) is 11.5. The van der Waals surface area contributed by atoms with Gasteiger partial charge in [-0.05, 0) is 31.7 Å². The molecular formula is C33H65N2+. The number of unbranched alkanes of at least 4 members (excludes halogenated alkanes) is 15. The third-order valence-corrected chi connectivity index (χ3v) is 7.06. The van der Waals surface area contributed by atoms with Crippen molar-refractivity contribution in [1.82, 2.24) is 0 Å². The molecule has 0 aromatic heterocycles. The van der Waals surface area contributed by atoms with E-state index in [0.717, 1.165) is 23.5 Å². The maximum absolute atomic E-state index is 5.35. The fourth-order valence-corrected chi connectivity index (χ4v) is 4.76. The highest BCUT2D eigenvalue weighted by Gasteiger charge is 2.14. The Morgan fingerprint density at radius 2 is 1.09 bits per heavy atom. The zero-order valence-electron chi connectivity index (χ0n) is 24.8. The smallest absolute Gasteiger partial charge is 0.104 e. The molecule has 2 nitrogen and oxygen atoms in total. The van der Waals surface area contributed by atoms with Gasteiger partial charge in [-0.15, -0.1) is 0 Å². The number of quaternary nitrogens is 1. The van der Waals surface area contributed by atoms with Crippen molar-refractivity contribution in [2.45, 2.75) is 143 Å². The van der Waals surface area contributed by atoms with E-state index >= 15 is 0 Å². The lowest BCUT2D eigenvalue weighted by Gasteiger charge is -2.30. The SMILES string of the molecule is CC(C)CCCCCN.CCCCCCCCCCCCCCCC[N+](C)(C)Cc1ccccc1. The highest BCUT2D eigenvalue weighted by molar-refractivity contribution is 5.13. The van der Waals surface area contributed by atoms with Crippen LogP contribution >= 0.6 is 0 Å². The van der Waals surface area contributed by atoms with Crippen LogP contribution in [-0.4, -0.2) is 31.7 Å². The third kappa shape index (κ3) is 26.0. The summed E-state index contributed by atoms with van der Waals surface area (Å²) in [6, 6.07) is 10.9. The summed E-state index contributed by atoms with van der Waals surface area (Å²) in [7, 11) is 4.74. The Hall–Kier alpha value is -0.860. The van der Waals surface area contributed by atoms with Crippen molar-refractivity contribution in [2.75, 3.05) is 27.2 Å². The molecule has 0 unspecified atom stereocenters. The van der Waals surface area contributed by atoms with Gasteiger partial charge in [0.1, 0.15) is 6.54 Å². The highest BCUT2D eigenvalue weighted by atomic mass is 15.3. The molecule has 0 amide bonds. The number of benzene rings is 1. The molecule has 0 fully saturated rings. The fourth-order valence-electron chi connectivity index (χ4n) is 4.76. The van der Waals surface area contributed by atoms with Crippen LogP contribution in [0.15, 0.2) is 30.3 Å². The second kappa shape index (κ2) is 24.8. The van der Waals surface area contributed by atoms with Crippen molar-refractivity contribution in [2.24, 2.45) is 11.7 Å². The molecule has 0 aliphatic rings. The first-order valence-corrected chi connectivity index (χ1v) is 15.5. The van der Waals surface area contributed by atoms with Crippen molar-refractivity contribution in [3.8, 4) is 0 Å². The lowest BCUT2D eigenvalue weighted by Crippen LogP contribution is -2.39. The van der Waals surface area contributed by atoms with Crippen LogP contribution in [0.3, 0.4) is 0 Å². The van der Waals surface area contributed by atoms with Crippen LogP contribution in [-0.2, 0) is 6.54 Å². The Morgan fingerprint density at radius 1 is 0.629 bits per heavy atom. The van der Waals surface area contributed by atoms with E-state index in [-0.39, 0.29) is 0 Å². The number of rotatable bonds is 22. The Bertz CT molecular complexity index is 523. The summed E-state index contributed by atoms with van der Waals surface area (Å²) in [5.74, 6) is 0.864. The van der Waals surface area contributed by atoms with Gasteiger partial charge in [0, 0.05) is 5.56 Å². The minimum absolute atomic E-state index is 0.859. The average Bonchev–Trinajstić information content (AvgIpc) is 2.83. The predicted octanol–water partition coefficient (Wildman–Crippen LogP) is 9.91. The second-order valence-corrected chi connectivity index (χ2v) is 11.9. The van der Waals surface area contributed by atoms with Crippen molar-refractivity contribution < 1.29 is 4.48 Å². The molecule has 0 atom stereocenters. The first-order chi connectivity index (χ1) is 16.9. The van der Waals surface area contributed by atoms with Crippen molar-refractivity contribution >= 4 is 0 Å². The Balaban J connectivity index is 0.00000109. The third-order valence-electron chi connectivity index (χ3n) is 7.06. The summed E-state index contributed by atoms with van der Waals surface area (Å²) < 4.78 is 1.11. The Morgan fingerprint density at radius 3 is 1.54 bits per heavy atom. The Kier molecular flexibility index (Phi) is 24.2. The molecule has 0 bridgehead atoms. The summed E-state index contributed by atoms with van der Waals surface area (Å²) in [5.41, 5.74) is 6.81. The maximum Gasteiger partial charge on any atom is 0.104 e. The van der Waals surface area contributed by atoms with E-state index in [9.17, 15) is 0 Å². The summed E-state index contributed by atoms with van der Waals surface area (Å²) in [5, 5.41) is 0. The van der Waals surface area contributed by atoms with Crippen LogP contribution < -0.4 is 5.73 Å². The Labute approximate surface area is 222 Å². The molecule has 1 aromatic rings. The van der Waals surface area contributed by atoms with Gasteiger partial charge in [-0.1, -0.05) is 147 Å². The van der Waals surface area contributed by atoms with Gasteiger partial charge in [0.2, 0.25) is 0 Å². The molecule has 1 rings (SSSR count). The van der Waals surface area contributed by atoms with Gasteiger partial charge < -0.3 is 10.2 Å². The first-order valence-electron chi connectivity index (χ1n) is 15.5. The van der Waals surface area contributed by atoms with E-state index < -0.39 is 0 Å². The van der Waals surface area contributed by atoms with Gasteiger partial charge in [-0.3, -0.25) is 0 Å². The van der Waals surface area contributed by atoms with E-state index in [4.69, 9.17) is 5.73 Å². The molecule has 0 aliphatic carbocycles. The molecule has 2 heteroatoms. The van der Waals surface area contributed by atoms with Crippen LogP contribution in [0.2, 0.25) is 0 Å². The lowest BCUT2D eigenvalue weighted by atomic mass is 10.0. The summed E-state index contributed by atoms with van der Waals surface area (Å²) in [6.45, 7) is 10.1. The number of nitrogens with two attached hydrogens (primary N) is 1. The van der Waals surface area contributed by atoms with Crippen molar-refractivity contribution in [3.05, 3.63) is 35.9 Å². The largest absolute Gasteiger partial charge is 0.330 e. The zero-order valence-corrected chi connectivity index (χ0v) is 24.8. The van der Waals surface area contributed by atoms with Gasteiger partial charge in [0.15, 0.2) is 0 Å². The maximum atomic E-state index is 5.35. The van der Waals surface area contributed by atoms with Crippen molar-refractivity contribution in [1.29, 1.82) is 0 Å². The molecule has 0 aliphatic heterocycles. The highest BCUT2D eigenvalue weighted by Crippen LogP contribution is 2.15. The molecule has 1 aromatic carbocycles. The summed E-state index contributed by atoms with van der Waals surface area (Å²) >= 11 is 0. The minimum Gasteiger partial charge on any atom is -0.330 e. The van der Waals surface area contributed by atoms with Gasteiger partial charge in [0.05, 0.1) is 20.6 Å². The van der Waals surface area contributed by atoms with Gasteiger partial charge in [0.25, 0.3) is 0 Å². The fraction of sp³-hybridized carbons (Fsp3) is 0.818. The van der Waals surface area contributed by atoms with Crippen molar-refractivity contribution in [3.63, 3.8) is 0 Å². The van der Waals surface area contributed by atoms with E-state index in [1.807, 2.05) is 0 Å². The molecule has 0 saturated carbocycles. The van der Waals surface area contributed by atoms with Crippen LogP contribution in [0, 0.1) is 5.92 Å². The molecule has 35 heavy (non-hydrogen) atoms. The van der Waals surface area contributed by atoms with Crippen LogP contribution in [0.4, 0.5) is 0 Å². The quantitative estimate of drug-likeness (QED) is 0.127. The molecule has 0 radical (unpaired) electrons. The molecular weight excluding hydrogens is 424 g/mol. The topological polar surface area (TPSA) is 26.0 Å². The standard InChI is InChI=1S/C25H46N.C8H19N/c1-4-5-6-7-8-9-10-11-12-13-14-15-16-20-23-26(2,3)24-25-21-18-17-19-22-25;1-8(2)6-4-3-5-7-9/h17-19,21-22H,4-16,20,23-24H2,1-3H3;8H,3-7,9H2,1-2H3/q+1;. The van der Waals surface area contributed by atoms with Crippen LogP contribution in [0.1, 0.15) is 142 Å². The number of hydrogen-bond donors (Lipinski definition) is 1.